The number of rotatable bonds is 3. The molecule has 0 aromatic carbocycles. The van der Waals surface area contributed by atoms with E-state index < -0.39 is 18.5 Å². The van der Waals surface area contributed by atoms with Crippen LogP contribution in [-0.4, -0.2) is 53.3 Å². The molecule has 2 rings (SSSR count). The Bertz CT molecular complexity index is 492. The number of piperazine rings is 1. The van der Waals surface area contributed by atoms with Crippen LogP contribution < -0.4 is 4.90 Å². The molecule has 1 fully saturated rings. The van der Waals surface area contributed by atoms with E-state index in [0.29, 0.717) is 25.2 Å². The van der Waals surface area contributed by atoms with Gasteiger partial charge in [-0.2, -0.15) is 13.2 Å². The minimum absolute atomic E-state index is 0.181. The average molecular weight is 306 g/mol. The minimum atomic E-state index is -4.22. The lowest BCUT2D eigenvalue weighted by molar-refractivity contribution is -0.150. The maximum absolute atomic E-state index is 14.2. The second kappa shape index (κ2) is 6.13. The molecule has 8 heteroatoms. The molecule has 118 valence electrons. The smallest absolute Gasteiger partial charge is 0.351 e. The summed E-state index contributed by atoms with van der Waals surface area (Å²) < 4.78 is 51.6. The summed E-state index contributed by atoms with van der Waals surface area (Å²) >= 11 is 0. The van der Waals surface area contributed by atoms with Gasteiger partial charge in [-0.25, -0.2) is 14.4 Å². The molecule has 0 amide bonds. The number of anilines is 1. The van der Waals surface area contributed by atoms with Crippen LogP contribution in [0, 0.1) is 5.82 Å². The Labute approximate surface area is 120 Å². The zero-order valence-corrected chi connectivity index (χ0v) is 12.0. The summed E-state index contributed by atoms with van der Waals surface area (Å²) in [5.41, 5.74) is 0.324. The first-order valence-corrected chi connectivity index (χ1v) is 6.87. The van der Waals surface area contributed by atoms with Crippen LogP contribution in [-0.2, 0) is 6.42 Å². The fourth-order valence-electron chi connectivity index (χ4n) is 2.52. The number of alkyl halides is 3. The van der Waals surface area contributed by atoms with E-state index >= 15 is 0 Å². The number of nitrogens with zero attached hydrogens (tertiary/aromatic N) is 4. The van der Waals surface area contributed by atoms with Crippen LogP contribution in [0.4, 0.5) is 23.4 Å². The van der Waals surface area contributed by atoms with Gasteiger partial charge < -0.3 is 4.90 Å². The zero-order chi connectivity index (χ0) is 15.6. The molecule has 0 N–H and O–H groups in total. The van der Waals surface area contributed by atoms with Crippen LogP contribution >= 0.6 is 0 Å². The molecule has 21 heavy (non-hydrogen) atoms. The summed E-state index contributed by atoms with van der Waals surface area (Å²) in [6, 6.07) is -0.320. The van der Waals surface area contributed by atoms with Crippen LogP contribution in [0.3, 0.4) is 0 Å². The van der Waals surface area contributed by atoms with E-state index in [9.17, 15) is 17.6 Å². The first kappa shape index (κ1) is 15.9. The van der Waals surface area contributed by atoms with Crippen LogP contribution in [0.5, 0.6) is 0 Å². The van der Waals surface area contributed by atoms with Gasteiger partial charge in [0.2, 0.25) is 0 Å². The lowest BCUT2D eigenvalue weighted by Gasteiger charge is -2.40. The van der Waals surface area contributed by atoms with E-state index in [-0.39, 0.29) is 18.4 Å². The quantitative estimate of drug-likeness (QED) is 0.802. The molecular weight excluding hydrogens is 288 g/mol. The van der Waals surface area contributed by atoms with Gasteiger partial charge in [0.05, 0.1) is 12.2 Å². The van der Waals surface area contributed by atoms with Crippen molar-refractivity contribution in [3.8, 4) is 0 Å². The Kier molecular flexibility index (Phi) is 4.65. The molecule has 4 nitrogen and oxygen atoms in total. The third-order valence-corrected chi connectivity index (χ3v) is 3.63. The van der Waals surface area contributed by atoms with Crippen molar-refractivity contribution in [2.24, 2.45) is 0 Å². The predicted molar refractivity (Wildman–Crippen MR) is 70.7 cm³/mol. The molecule has 1 aromatic heterocycles. The maximum atomic E-state index is 14.2. The van der Waals surface area contributed by atoms with Crippen LogP contribution in [0.15, 0.2) is 6.33 Å². The van der Waals surface area contributed by atoms with E-state index in [2.05, 4.69) is 9.97 Å². The molecule has 0 bridgehead atoms. The highest BCUT2D eigenvalue weighted by molar-refractivity contribution is 5.41. The Morgan fingerprint density at radius 2 is 2.00 bits per heavy atom. The SMILES string of the molecule is CCc1ncnc(N2CCN(CC(F)(F)F)C(C)C2)c1F. The average Bonchev–Trinajstić information content (AvgIpc) is 2.40. The largest absolute Gasteiger partial charge is 0.401 e. The molecule has 1 unspecified atom stereocenters. The molecule has 0 aliphatic carbocycles. The van der Waals surface area contributed by atoms with E-state index in [1.807, 2.05) is 0 Å². The second-order valence-corrected chi connectivity index (χ2v) is 5.19. The van der Waals surface area contributed by atoms with Crippen molar-refractivity contribution in [3.05, 3.63) is 17.8 Å². The Hall–Kier alpha value is -1.44. The molecular formula is C13H18F4N4. The topological polar surface area (TPSA) is 32.3 Å². The fourth-order valence-corrected chi connectivity index (χ4v) is 2.52. The number of hydrogen-bond donors (Lipinski definition) is 0. The molecule has 1 saturated heterocycles. The van der Waals surface area contributed by atoms with Gasteiger partial charge in [0.15, 0.2) is 11.6 Å². The van der Waals surface area contributed by atoms with Gasteiger partial charge in [-0.15, -0.1) is 0 Å². The summed E-state index contributed by atoms with van der Waals surface area (Å²) in [5, 5.41) is 0. The van der Waals surface area contributed by atoms with Gasteiger partial charge in [0.25, 0.3) is 0 Å². The van der Waals surface area contributed by atoms with Crippen LogP contribution in [0.2, 0.25) is 0 Å². The van der Waals surface area contributed by atoms with Crippen molar-refractivity contribution in [2.75, 3.05) is 31.1 Å². The highest BCUT2D eigenvalue weighted by Crippen LogP contribution is 2.24. The van der Waals surface area contributed by atoms with Gasteiger partial charge in [0.1, 0.15) is 6.33 Å². The number of halogens is 4. The first-order valence-electron chi connectivity index (χ1n) is 6.87. The third-order valence-electron chi connectivity index (χ3n) is 3.63. The maximum Gasteiger partial charge on any atom is 0.401 e. The lowest BCUT2D eigenvalue weighted by atomic mass is 10.2. The monoisotopic (exact) mass is 306 g/mol. The minimum Gasteiger partial charge on any atom is -0.351 e. The van der Waals surface area contributed by atoms with Crippen LogP contribution in [0.1, 0.15) is 19.5 Å². The normalized spacial score (nSPS) is 20.9. The van der Waals surface area contributed by atoms with Crippen molar-refractivity contribution < 1.29 is 17.6 Å². The zero-order valence-electron chi connectivity index (χ0n) is 12.0. The second-order valence-electron chi connectivity index (χ2n) is 5.19. The summed E-state index contributed by atoms with van der Waals surface area (Å²) in [4.78, 5) is 10.9. The van der Waals surface area contributed by atoms with Gasteiger partial charge in [0, 0.05) is 25.7 Å². The summed E-state index contributed by atoms with van der Waals surface area (Å²) in [6.45, 7) is 3.42. The van der Waals surface area contributed by atoms with Gasteiger partial charge >= 0.3 is 6.18 Å². The standard InChI is InChI=1S/C13H18F4N4/c1-3-10-11(14)12(19-8-18-10)20-4-5-21(9(2)6-20)7-13(15,16)17/h8-9H,3-7H2,1-2H3. The van der Waals surface area contributed by atoms with Crippen molar-refractivity contribution in [2.45, 2.75) is 32.5 Å². The van der Waals surface area contributed by atoms with E-state index in [0.717, 1.165) is 0 Å². The van der Waals surface area contributed by atoms with E-state index in [1.54, 1.807) is 18.7 Å². The van der Waals surface area contributed by atoms with Crippen LogP contribution in [0.25, 0.3) is 0 Å². The van der Waals surface area contributed by atoms with Gasteiger partial charge in [-0.1, -0.05) is 6.92 Å². The summed E-state index contributed by atoms with van der Waals surface area (Å²) in [5.74, 6) is -0.295. The van der Waals surface area contributed by atoms with Crippen molar-refractivity contribution >= 4 is 5.82 Å². The molecule has 2 heterocycles. The molecule has 1 aliphatic rings. The molecule has 0 spiro atoms. The molecule has 1 aliphatic heterocycles. The summed E-state index contributed by atoms with van der Waals surface area (Å²) in [6.07, 6.45) is -2.47. The number of hydrogen-bond acceptors (Lipinski definition) is 4. The molecule has 0 radical (unpaired) electrons. The Morgan fingerprint density at radius 3 is 2.57 bits per heavy atom. The number of aromatic nitrogens is 2. The lowest BCUT2D eigenvalue weighted by Crippen LogP contribution is -2.54. The number of aryl methyl sites for hydroxylation is 1. The molecule has 0 saturated carbocycles. The molecule has 1 aromatic rings. The third kappa shape index (κ3) is 3.81. The Balaban J connectivity index is 2.09. The van der Waals surface area contributed by atoms with Crippen molar-refractivity contribution in [3.63, 3.8) is 0 Å². The van der Waals surface area contributed by atoms with Crippen molar-refractivity contribution in [1.29, 1.82) is 0 Å². The molecule has 1 atom stereocenters. The summed E-state index contributed by atoms with van der Waals surface area (Å²) in [7, 11) is 0. The van der Waals surface area contributed by atoms with Crippen molar-refractivity contribution in [1.82, 2.24) is 14.9 Å². The van der Waals surface area contributed by atoms with Gasteiger partial charge in [-0.05, 0) is 13.3 Å². The highest BCUT2D eigenvalue weighted by Gasteiger charge is 2.35. The van der Waals surface area contributed by atoms with Gasteiger partial charge in [-0.3, -0.25) is 4.90 Å². The highest BCUT2D eigenvalue weighted by atomic mass is 19.4. The fraction of sp³-hybridized carbons (Fsp3) is 0.692. The first-order chi connectivity index (χ1) is 9.81. The van der Waals surface area contributed by atoms with E-state index in [4.69, 9.17) is 0 Å². The predicted octanol–water partition coefficient (Wildman–Crippen LogP) is 2.25. The van der Waals surface area contributed by atoms with E-state index in [1.165, 1.54) is 11.2 Å². The Morgan fingerprint density at radius 1 is 1.29 bits per heavy atom.